The normalized spacial score (nSPS) is 10.7. The smallest absolute Gasteiger partial charge is 0.274 e. The van der Waals surface area contributed by atoms with Gasteiger partial charge in [-0.2, -0.15) is 10.4 Å². The second-order valence-corrected chi connectivity index (χ2v) is 8.16. The summed E-state index contributed by atoms with van der Waals surface area (Å²) >= 11 is 0. The highest BCUT2D eigenvalue weighted by molar-refractivity contribution is 5.96. The van der Waals surface area contributed by atoms with Crippen LogP contribution in [0.1, 0.15) is 27.3 Å². The molecule has 37 heavy (non-hydrogen) atoms. The number of carbonyl (C=O) groups excluding carboxylic acids is 1. The zero-order valence-electron chi connectivity index (χ0n) is 19.4. The number of fused-ring (bicyclic) bond motifs is 1. The fourth-order valence-electron chi connectivity index (χ4n) is 3.68. The van der Waals surface area contributed by atoms with Gasteiger partial charge in [-0.05, 0) is 34.9 Å². The highest BCUT2D eigenvalue weighted by Crippen LogP contribution is 2.25. The zero-order valence-corrected chi connectivity index (χ0v) is 19.4. The maximum atomic E-state index is 13.1. The summed E-state index contributed by atoms with van der Waals surface area (Å²) in [5, 5.41) is 22.6. The third kappa shape index (κ3) is 5.18. The molecular weight excluding hydrogens is 473 g/mol. The van der Waals surface area contributed by atoms with E-state index in [9.17, 15) is 14.4 Å². The molecule has 5 rings (SSSR count). The molecule has 0 unspecified atom stereocenters. The first-order valence-corrected chi connectivity index (χ1v) is 11.2. The Kier molecular flexibility index (Phi) is 6.37. The van der Waals surface area contributed by atoms with Gasteiger partial charge in [0.05, 0.1) is 11.6 Å². The highest BCUT2D eigenvalue weighted by atomic mass is 19.1. The van der Waals surface area contributed by atoms with Crippen molar-refractivity contribution in [3.63, 3.8) is 0 Å². The lowest BCUT2D eigenvalue weighted by Gasteiger charge is -2.11. The molecular formula is C26H20FN9O. The van der Waals surface area contributed by atoms with E-state index in [0.29, 0.717) is 18.0 Å². The molecule has 0 saturated carbocycles. The number of aromatic amines is 1. The average Bonchev–Trinajstić information content (AvgIpc) is 3.31. The van der Waals surface area contributed by atoms with Gasteiger partial charge in [0.25, 0.3) is 5.91 Å². The van der Waals surface area contributed by atoms with Gasteiger partial charge in [0, 0.05) is 24.8 Å². The molecule has 0 aliphatic carbocycles. The molecule has 182 valence electrons. The van der Waals surface area contributed by atoms with Crippen molar-refractivity contribution < 1.29 is 9.18 Å². The lowest BCUT2D eigenvalue weighted by atomic mass is 10.0. The van der Waals surface area contributed by atoms with E-state index in [1.807, 2.05) is 36.4 Å². The van der Waals surface area contributed by atoms with Crippen LogP contribution < -0.4 is 16.4 Å². The molecule has 0 atom stereocenters. The number of nitrogens with one attached hydrogen (secondary N) is 3. The van der Waals surface area contributed by atoms with Crippen molar-refractivity contribution in [1.29, 1.82) is 5.26 Å². The lowest BCUT2D eigenvalue weighted by Crippen LogP contribution is -2.26. The van der Waals surface area contributed by atoms with Crippen LogP contribution in [0.4, 0.5) is 16.0 Å². The van der Waals surface area contributed by atoms with E-state index in [4.69, 9.17) is 5.73 Å². The fourth-order valence-corrected chi connectivity index (χ4v) is 3.68. The average molecular weight is 494 g/mol. The Hall–Kier alpha value is -5.37. The molecule has 0 spiro atoms. The summed E-state index contributed by atoms with van der Waals surface area (Å²) in [4.78, 5) is 25.5. The van der Waals surface area contributed by atoms with Crippen LogP contribution >= 0.6 is 0 Å². The molecule has 2 aromatic carbocycles. The largest absolute Gasteiger partial charge is 0.384 e. The van der Waals surface area contributed by atoms with Crippen LogP contribution in [-0.4, -0.2) is 31.1 Å². The third-order valence-corrected chi connectivity index (χ3v) is 5.65. The molecule has 0 bridgehead atoms. The standard InChI is InChI=1S/C26H20FN9O/c27-19-7-3-16(4-8-19)12-33-26(37)22-25(32-14-20(10-28)34-22)30-11-15-1-5-17(6-2-15)18-9-21-23(29)35-36-24(21)31-13-18/h1-9,13-14H,11-12H2,(H,30,32)(H,33,37)(H3,29,31,35,36). The van der Waals surface area contributed by atoms with Gasteiger partial charge in [-0.1, -0.05) is 36.4 Å². The Morgan fingerprint density at radius 3 is 2.49 bits per heavy atom. The van der Waals surface area contributed by atoms with Crippen molar-refractivity contribution in [2.45, 2.75) is 13.1 Å². The maximum absolute atomic E-state index is 13.1. The molecule has 5 aromatic rings. The number of halogens is 1. The fraction of sp³-hybridized carbons (Fsp3) is 0.0769. The van der Waals surface area contributed by atoms with E-state index in [-0.39, 0.29) is 29.6 Å². The Morgan fingerprint density at radius 1 is 1.00 bits per heavy atom. The molecule has 3 heterocycles. The SMILES string of the molecule is N#Cc1cnc(NCc2ccc(-c3cnc4n[nH]c(N)c4c3)cc2)c(C(=O)NCc2ccc(F)cc2)n1. The lowest BCUT2D eigenvalue weighted by molar-refractivity contribution is 0.0946. The number of benzene rings is 2. The number of carbonyl (C=O) groups is 1. The summed E-state index contributed by atoms with van der Waals surface area (Å²) in [6.07, 6.45) is 3.03. The maximum Gasteiger partial charge on any atom is 0.274 e. The van der Waals surface area contributed by atoms with Crippen LogP contribution in [0.2, 0.25) is 0 Å². The summed E-state index contributed by atoms with van der Waals surface area (Å²) in [6.45, 7) is 0.536. The number of amides is 1. The monoisotopic (exact) mass is 493 g/mol. The van der Waals surface area contributed by atoms with Gasteiger partial charge in [0.15, 0.2) is 22.9 Å². The second-order valence-electron chi connectivity index (χ2n) is 8.16. The summed E-state index contributed by atoms with van der Waals surface area (Å²) < 4.78 is 13.1. The second kappa shape index (κ2) is 10.1. The molecule has 11 heteroatoms. The van der Waals surface area contributed by atoms with Crippen LogP contribution in [0.3, 0.4) is 0 Å². The number of nitrogens with zero attached hydrogens (tertiary/aromatic N) is 5. The predicted molar refractivity (Wildman–Crippen MR) is 135 cm³/mol. The van der Waals surface area contributed by atoms with Crippen molar-refractivity contribution >= 4 is 28.6 Å². The minimum absolute atomic E-state index is 0.00476. The van der Waals surface area contributed by atoms with Gasteiger partial charge in [-0.3, -0.25) is 9.89 Å². The van der Waals surface area contributed by atoms with Gasteiger partial charge >= 0.3 is 0 Å². The molecule has 5 N–H and O–H groups in total. The van der Waals surface area contributed by atoms with Gasteiger partial charge < -0.3 is 16.4 Å². The van der Waals surface area contributed by atoms with Gasteiger partial charge in [-0.15, -0.1) is 0 Å². The van der Waals surface area contributed by atoms with Gasteiger partial charge in [0.2, 0.25) is 0 Å². The minimum atomic E-state index is -0.506. The summed E-state index contributed by atoms with van der Waals surface area (Å²) in [7, 11) is 0. The molecule has 0 fully saturated rings. The molecule has 0 radical (unpaired) electrons. The van der Waals surface area contributed by atoms with E-state index in [1.165, 1.54) is 18.3 Å². The molecule has 1 amide bonds. The van der Waals surface area contributed by atoms with E-state index < -0.39 is 5.91 Å². The van der Waals surface area contributed by atoms with E-state index in [0.717, 1.165) is 27.6 Å². The number of hydrogen-bond acceptors (Lipinski definition) is 8. The summed E-state index contributed by atoms with van der Waals surface area (Å²) in [5.41, 5.74) is 10.00. The topological polar surface area (TPSA) is 158 Å². The molecule has 3 aromatic heterocycles. The van der Waals surface area contributed by atoms with Crippen molar-refractivity contribution in [3.05, 3.63) is 95.3 Å². The van der Waals surface area contributed by atoms with Crippen LogP contribution in [0, 0.1) is 17.1 Å². The number of nitrogen functional groups attached to an aromatic ring is 1. The number of pyridine rings is 1. The van der Waals surface area contributed by atoms with E-state index in [2.05, 4.69) is 35.8 Å². The van der Waals surface area contributed by atoms with Crippen molar-refractivity contribution in [1.82, 2.24) is 30.5 Å². The first-order valence-electron chi connectivity index (χ1n) is 11.2. The quantitative estimate of drug-likeness (QED) is 0.268. The number of rotatable bonds is 7. The minimum Gasteiger partial charge on any atom is -0.384 e. The van der Waals surface area contributed by atoms with Crippen molar-refractivity contribution in [3.8, 4) is 17.2 Å². The van der Waals surface area contributed by atoms with Crippen LogP contribution in [0.15, 0.2) is 67.0 Å². The molecule has 0 aliphatic rings. The molecule has 10 nitrogen and oxygen atoms in total. The number of H-pyrrole nitrogens is 1. The number of nitriles is 1. The Labute approximate surface area is 210 Å². The van der Waals surface area contributed by atoms with E-state index >= 15 is 0 Å². The first-order chi connectivity index (χ1) is 18.0. The number of aromatic nitrogens is 5. The van der Waals surface area contributed by atoms with Crippen molar-refractivity contribution in [2.24, 2.45) is 0 Å². The van der Waals surface area contributed by atoms with Crippen molar-refractivity contribution in [2.75, 3.05) is 11.1 Å². The molecule has 0 saturated heterocycles. The Morgan fingerprint density at radius 2 is 1.73 bits per heavy atom. The number of nitrogens with two attached hydrogens (primary N) is 1. The van der Waals surface area contributed by atoms with Gasteiger partial charge in [-0.25, -0.2) is 19.3 Å². The highest BCUT2D eigenvalue weighted by Gasteiger charge is 2.16. The summed E-state index contributed by atoms with van der Waals surface area (Å²) in [6, 6.07) is 17.4. The first kappa shape index (κ1) is 23.4. The van der Waals surface area contributed by atoms with Gasteiger partial charge in [0.1, 0.15) is 17.7 Å². The summed E-state index contributed by atoms with van der Waals surface area (Å²) in [5.74, 6) is -0.160. The predicted octanol–water partition coefficient (Wildman–Crippen LogP) is 3.55. The number of anilines is 2. The zero-order chi connectivity index (χ0) is 25.8. The number of hydrogen-bond donors (Lipinski definition) is 4. The van der Waals surface area contributed by atoms with Crippen LogP contribution in [0.25, 0.3) is 22.2 Å². The van der Waals surface area contributed by atoms with Crippen LogP contribution in [-0.2, 0) is 13.1 Å². The molecule has 0 aliphatic heterocycles. The Balaban J connectivity index is 1.28. The van der Waals surface area contributed by atoms with E-state index in [1.54, 1.807) is 18.3 Å². The Bertz CT molecular complexity index is 1620. The van der Waals surface area contributed by atoms with Crippen LogP contribution in [0.5, 0.6) is 0 Å². The third-order valence-electron chi connectivity index (χ3n) is 5.65.